The molecule has 0 saturated heterocycles. The second-order valence-corrected chi connectivity index (χ2v) is 4.37. The van der Waals surface area contributed by atoms with Crippen LogP contribution in [-0.2, 0) is 9.63 Å². The minimum atomic E-state index is -0.767. The number of hydroxylamine groups is 2. The summed E-state index contributed by atoms with van der Waals surface area (Å²) in [5.41, 5.74) is 0. The fourth-order valence-corrected chi connectivity index (χ4v) is 1.82. The van der Waals surface area contributed by atoms with E-state index in [0.717, 1.165) is 13.0 Å². The summed E-state index contributed by atoms with van der Waals surface area (Å²) in [5.74, 6) is -0.161. The molecule has 0 aromatic heterocycles. The number of carboxylic acids is 1. The van der Waals surface area contributed by atoms with E-state index in [9.17, 15) is 4.79 Å². The number of unbranched alkanes of at least 4 members (excludes halogenated alkanes) is 1. The Bertz CT molecular complexity index is 197. The van der Waals surface area contributed by atoms with Gasteiger partial charge in [-0.15, -0.1) is 0 Å². The van der Waals surface area contributed by atoms with Crippen LogP contribution in [0.4, 0.5) is 0 Å². The largest absolute Gasteiger partial charge is 0.481 e. The molecule has 0 bridgehead atoms. The quantitative estimate of drug-likeness (QED) is 0.569. The van der Waals surface area contributed by atoms with Crippen LogP contribution < -0.4 is 0 Å². The number of carbonyl (C=O) groups is 1. The highest BCUT2D eigenvalue weighted by Gasteiger charge is 2.13. The van der Waals surface area contributed by atoms with Gasteiger partial charge in [-0.05, 0) is 19.3 Å². The first-order valence-electron chi connectivity index (χ1n) is 6.73. The van der Waals surface area contributed by atoms with Gasteiger partial charge in [-0.25, -0.2) is 0 Å². The van der Waals surface area contributed by atoms with Gasteiger partial charge in [0.05, 0.1) is 13.0 Å². The Morgan fingerprint density at radius 3 is 2.53 bits per heavy atom. The minimum Gasteiger partial charge on any atom is -0.481 e. The topological polar surface area (TPSA) is 49.8 Å². The molecule has 4 nitrogen and oxygen atoms in total. The lowest BCUT2D eigenvalue weighted by Crippen LogP contribution is -2.31. The van der Waals surface area contributed by atoms with E-state index in [1.807, 2.05) is 12.0 Å². The van der Waals surface area contributed by atoms with Crippen LogP contribution in [0.15, 0.2) is 0 Å². The van der Waals surface area contributed by atoms with Crippen molar-refractivity contribution in [3.8, 4) is 0 Å². The lowest BCUT2D eigenvalue weighted by atomic mass is 9.99. The number of nitrogens with zero attached hydrogens (tertiary/aromatic N) is 1. The van der Waals surface area contributed by atoms with Gasteiger partial charge in [0.15, 0.2) is 0 Å². The molecule has 1 unspecified atom stereocenters. The van der Waals surface area contributed by atoms with Crippen molar-refractivity contribution < 1.29 is 14.7 Å². The van der Waals surface area contributed by atoms with E-state index in [1.165, 1.54) is 19.3 Å². The summed E-state index contributed by atoms with van der Waals surface area (Å²) in [4.78, 5) is 16.0. The zero-order valence-electron chi connectivity index (χ0n) is 11.4. The van der Waals surface area contributed by atoms with E-state index in [-0.39, 0.29) is 6.42 Å². The van der Waals surface area contributed by atoms with Gasteiger partial charge in [-0.2, -0.15) is 5.06 Å². The number of hydrogen-bond donors (Lipinski definition) is 1. The normalized spacial score (nSPS) is 12.9. The predicted octanol–water partition coefficient (Wildman–Crippen LogP) is 2.93. The van der Waals surface area contributed by atoms with Crippen molar-refractivity contribution >= 4 is 5.97 Å². The molecule has 0 rings (SSSR count). The van der Waals surface area contributed by atoms with Gasteiger partial charge in [0.25, 0.3) is 0 Å². The Hall–Kier alpha value is -0.610. The van der Waals surface area contributed by atoms with Crippen LogP contribution in [0.25, 0.3) is 0 Å². The van der Waals surface area contributed by atoms with Gasteiger partial charge in [-0.3, -0.25) is 9.63 Å². The average molecular weight is 245 g/mol. The number of hydrogen-bond acceptors (Lipinski definition) is 3. The molecule has 0 amide bonds. The Labute approximate surface area is 105 Å². The van der Waals surface area contributed by atoms with Gasteiger partial charge in [-0.1, -0.05) is 33.1 Å². The third kappa shape index (κ3) is 9.12. The molecule has 0 radical (unpaired) electrons. The van der Waals surface area contributed by atoms with Crippen molar-refractivity contribution in [2.45, 2.75) is 52.9 Å². The molecule has 0 aromatic rings. The molecule has 17 heavy (non-hydrogen) atoms. The fraction of sp³-hybridized carbons (Fsp3) is 0.923. The molecule has 0 fully saturated rings. The van der Waals surface area contributed by atoms with Gasteiger partial charge in [0, 0.05) is 13.1 Å². The van der Waals surface area contributed by atoms with E-state index < -0.39 is 5.97 Å². The monoisotopic (exact) mass is 245 g/mol. The number of aliphatic carboxylic acids is 1. The van der Waals surface area contributed by atoms with Crippen molar-refractivity contribution in [3.63, 3.8) is 0 Å². The Kier molecular flexibility index (Phi) is 10.2. The van der Waals surface area contributed by atoms with Crippen LogP contribution in [-0.4, -0.2) is 35.8 Å². The molecule has 0 aliphatic carbocycles. The van der Waals surface area contributed by atoms with E-state index in [0.29, 0.717) is 19.1 Å². The molecule has 1 atom stereocenters. The van der Waals surface area contributed by atoms with Crippen LogP contribution in [0, 0.1) is 5.92 Å². The second-order valence-electron chi connectivity index (χ2n) is 4.37. The third-order valence-corrected chi connectivity index (χ3v) is 2.89. The lowest BCUT2D eigenvalue weighted by Gasteiger charge is -2.25. The van der Waals surface area contributed by atoms with Crippen LogP contribution in [0.2, 0.25) is 0 Å². The van der Waals surface area contributed by atoms with Gasteiger partial charge in [0.1, 0.15) is 0 Å². The standard InChI is InChI=1S/C13H27NO3/c1-4-7-8-12(5-2)11-14(17-6-3)10-9-13(15)16/h12H,4-11H2,1-3H3,(H,15,16). The maximum atomic E-state index is 10.6. The first kappa shape index (κ1) is 16.4. The Morgan fingerprint density at radius 2 is 2.06 bits per heavy atom. The van der Waals surface area contributed by atoms with Gasteiger partial charge >= 0.3 is 5.97 Å². The highest BCUT2D eigenvalue weighted by molar-refractivity contribution is 5.66. The molecule has 0 aromatic carbocycles. The summed E-state index contributed by atoms with van der Waals surface area (Å²) in [7, 11) is 0. The molecule has 4 heteroatoms. The smallest absolute Gasteiger partial charge is 0.304 e. The van der Waals surface area contributed by atoms with Crippen LogP contribution in [0.3, 0.4) is 0 Å². The zero-order chi connectivity index (χ0) is 13.1. The zero-order valence-corrected chi connectivity index (χ0v) is 11.4. The number of carboxylic acid groups (broad SMARTS) is 1. The second kappa shape index (κ2) is 10.5. The molecule has 0 aliphatic heterocycles. The first-order valence-corrected chi connectivity index (χ1v) is 6.73. The molecular weight excluding hydrogens is 218 g/mol. The Morgan fingerprint density at radius 1 is 1.35 bits per heavy atom. The van der Waals surface area contributed by atoms with Gasteiger partial charge in [0.2, 0.25) is 0 Å². The summed E-state index contributed by atoms with van der Waals surface area (Å²) >= 11 is 0. The van der Waals surface area contributed by atoms with E-state index in [2.05, 4.69) is 13.8 Å². The van der Waals surface area contributed by atoms with Crippen molar-refractivity contribution in [2.75, 3.05) is 19.7 Å². The number of rotatable bonds is 11. The third-order valence-electron chi connectivity index (χ3n) is 2.89. The lowest BCUT2D eigenvalue weighted by molar-refractivity contribution is -0.168. The molecular formula is C13H27NO3. The highest BCUT2D eigenvalue weighted by Crippen LogP contribution is 2.14. The van der Waals surface area contributed by atoms with E-state index in [1.54, 1.807) is 0 Å². The fourth-order valence-electron chi connectivity index (χ4n) is 1.82. The highest BCUT2D eigenvalue weighted by atomic mass is 16.7. The maximum absolute atomic E-state index is 10.6. The van der Waals surface area contributed by atoms with Crippen molar-refractivity contribution in [3.05, 3.63) is 0 Å². The van der Waals surface area contributed by atoms with Crippen molar-refractivity contribution in [1.82, 2.24) is 5.06 Å². The minimum absolute atomic E-state index is 0.143. The Balaban J connectivity index is 4.04. The molecule has 0 spiro atoms. The molecule has 0 aliphatic rings. The van der Waals surface area contributed by atoms with Crippen LogP contribution in [0.1, 0.15) is 52.9 Å². The van der Waals surface area contributed by atoms with E-state index >= 15 is 0 Å². The summed E-state index contributed by atoms with van der Waals surface area (Å²) < 4.78 is 0. The summed E-state index contributed by atoms with van der Waals surface area (Å²) in [6.45, 7) is 8.23. The van der Waals surface area contributed by atoms with Gasteiger partial charge < -0.3 is 5.11 Å². The summed E-state index contributed by atoms with van der Waals surface area (Å²) in [6, 6.07) is 0. The van der Waals surface area contributed by atoms with Crippen molar-refractivity contribution in [2.24, 2.45) is 5.92 Å². The molecule has 0 saturated carbocycles. The molecule has 102 valence electrons. The summed E-state index contributed by atoms with van der Waals surface area (Å²) in [6.07, 6.45) is 4.90. The first-order chi connectivity index (χ1) is 8.13. The van der Waals surface area contributed by atoms with Crippen LogP contribution >= 0.6 is 0 Å². The molecule has 0 heterocycles. The predicted molar refractivity (Wildman–Crippen MR) is 68.8 cm³/mol. The van der Waals surface area contributed by atoms with Crippen molar-refractivity contribution in [1.29, 1.82) is 0 Å². The summed E-state index contributed by atoms with van der Waals surface area (Å²) in [5, 5.41) is 10.5. The van der Waals surface area contributed by atoms with Crippen LogP contribution in [0.5, 0.6) is 0 Å². The van der Waals surface area contributed by atoms with E-state index in [4.69, 9.17) is 9.94 Å². The average Bonchev–Trinajstić information content (AvgIpc) is 2.31. The maximum Gasteiger partial charge on any atom is 0.304 e. The molecule has 1 N–H and O–H groups in total. The SMILES string of the molecule is CCCCC(CC)CN(CCC(=O)O)OCC.